The lowest BCUT2D eigenvalue weighted by Crippen LogP contribution is -2.49. The van der Waals surface area contributed by atoms with Gasteiger partial charge in [0.1, 0.15) is 0 Å². The van der Waals surface area contributed by atoms with Crippen LogP contribution in [0, 0.1) is 0 Å². The SMILES string of the molecule is CCNC(=NCc1cccc(COC2CCOCC2)c1)NC1CCN(C(C)C)CC1.I. The van der Waals surface area contributed by atoms with Gasteiger partial charge in [0.25, 0.3) is 0 Å². The van der Waals surface area contributed by atoms with E-state index in [-0.39, 0.29) is 24.0 Å². The van der Waals surface area contributed by atoms with Crippen molar-refractivity contribution >= 4 is 29.9 Å². The predicted octanol–water partition coefficient (Wildman–Crippen LogP) is 3.93. The first-order chi connectivity index (χ1) is 14.6. The topological polar surface area (TPSA) is 58.1 Å². The first-order valence-electron chi connectivity index (χ1n) is 11.7. The van der Waals surface area contributed by atoms with Crippen LogP contribution >= 0.6 is 24.0 Å². The van der Waals surface area contributed by atoms with Crippen molar-refractivity contribution in [1.82, 2.24) is 15.5 Å². The molecule has 0 amide bonds. The number of piperidine rings is 1. The van der Waals surface area contributed by atoms with E-state index in [1.165, 1.54) is 24.0 Å². The summed E-state index contributed by atoms with van der Waals surface area (Å²) in [4.78, 5) is 7.40. The lowest BCUT2D eigenvalue weighted by atomic mass is 10.0. The molecule has 0 radical (unpaired) electrons. The third-order valence-electron chi connectivity index (χ3n) is 6.01. The lowest BCUT2D eigenvalue weighted by Gasteiger charge is -2.35. The van der Waals surface area contributed by atoms with E-state index >= 15 is 0 Å². The molecule has 0 saturated carbocycles. The quantitative estimate of drug-likeness (QED) is 0.295. The highest BCUT2D eigenvalue weighted by atomic mass is 127. The van der Waals surface area contributed by atoms with Crippen LogP contribution in [0.15, 0.2) is 29.3 Å². The summed E-state index contributed by atoms with van der Waals surface area (Å²) >= 11 is 0. The van der Waals surface area contributed by atoms with Crippen molar-refractivity contribution in [3.8, 4) is 0 Å². The molecule has 2 fully saturated rings. The fourth-order valence-corrected chi connectivity index (χ4v) is 4.12. The average Bonchev–Trinajstić information content (AvgIpc) is 2.77. The summed E-state index contributed by atoms with van der Waals surface area (Å²) in [6, 6.07) is 9.74. The highest BCUT2D eigenvalue weighted by Crippen LogP contribution is 2.15. The van der Waals surface area contributed by atoms with Gasteiger partial charge >= 0.3 is 0 Å². The van der Waals surface area contributed by atoms with Gasteiger partial charge in [-0.25, -0.2) is 4.99 Å². The van der Waals surface area contributed by atoms with E-state index in [0.29, 0.717) is 31.3 Å². The molecule has 1 aromatic carbocycles. The van der Waals surface area contributed by atoms with E-state index < -0.39 is 0 Å². The highest BCUT2D eigenvalue weighted by Gasteiger charge is 2.21. The monoisotopic (exact) mass is 544 g/mol. The first-order valence-corrected chi connectivity index (χ1v) is 11.7. The van der Waals surface area contributed by atoms with Gasteiger partial charge in [0.15, 0.2) is 5.96 Å². The number of nitrogens with one attached hydrogen (secondary N) is 2. The Labute approximate surface area is 205 Å². The number of ether oxygens (including phenoxy) is 2. The Bertz CT molecular complexity index is 657. The van der Waals surface area contributed by atoms with E-state index in [4.69, 9.17) is 14.5 Å². The molecular formula is C24H41IN4O2. The van der Waals surface area contributed by atoms with Crippen LogP contribution in [-0.2, 0) is 22.6 Å². The summed E-state index contributed by atoms with van der Waals surface area (Å²) in [6.45, 7) is 12.8. The molecule has 0 spiro atoms. The Morgan fingerprint density at radius 3 is 2.55 bits per heavy atom. The molecule has 1 aromatic rings. The van der Waals surface area contributed by atoms with Gasteiger partial charge in [-0.15, -0.1) is 24.0 Å². The van der Waals surface area contributed by atoms with E-state index in [1.807, 2.05) is 0 Å². The van der Waals surface area contributed by atoms with Crippen LogP contribution in [0.4, 0.5) is 0 Å². The Hall–Kier alpha value is -0.900. The second-order valence-electron chi connectivity index (χ2n) is 8.69. The summed E-state index contributed by atoms with van der Waals surface area (Å²) in [5, 5.41) is 7.05. The molecule has 0 aromatic heterocycles. The minimum absolute atomic E-state index is 0. The fourth-order valence-electron chi connectivity index (χ4n) is 4.12. The minimum atomic E-state index is 0. The molecule has 0 unspecified atom stereocenters. The molecule has 2 aliphatic heterocycles. The normalized spacial score (nSPS) is 19.3. The number of halogens is 1. The summed E-state index contributed by atoms with van der Waals surface area (Å²) in [6.07, 6.45) is 4.66. The molecular weight excluding hydrogens is 503 g/mol. The Morgan fingerprint density at radius 2 is 1.87 bits per heavy atom. The molecule has 0 aliphatic carbocycles. The van der Waals surface area contributed by atoms with Gasteiger partial charge in [0.05, 0.1) is 19.3 Å². The lowest BCUT2D eigenvalue weighted by molar-refractivity contribution is -0.0390. The van der Waals surface area contributed by atoms with Gasteiger partial charge in [-0.1, -0.05) is 24.3 Å². The van der Waals surface area contributed by atoms with Gasteiger partial charge in [0.2, 0.25) is 0 Å². The van der Waals surface area contributed by atoms with E-state index in [1.54, 1.807) is 0 Å². The standard InChI is InChI=1S/C24H40N4O2.HI/c1-4-25-24(27-22-8-12-28(13-9-22)19(2)3)26-17-20-6-5-7-21(16-20)18-30-23-10-14-29-15-11-23;/h5-7,16,19,22-23H,4,8-15,17-18H2,1-3H3,(H2,25,26,27);1H. The van der Waals surface area contributed by atoms with Gasteiger partial charge in [-0.3, -0.25) is 0 Å². The van der Waals surface area contributed by atoms with Crippen molar-refractivity contribution < 1.29 is 9.47 Å². The number of guanidine groups is 1. The molecule has 3 rings (SSSR count). The molecule has 2 N–H and O–H groups in total. The van der Waals surface area contributed by atoms with E-state index in [0.717, 1.165) is 51.6 Å². The van der Waals surface area contributed by atoms with Crippen LogP contribution in [-0.4, -0.2) is 61.9 Å². The Morgan fingerprint density at radius 1 is 1.16 bits per heavy atom. The smallest absolute Gasteiger partial charge is 0.191 e. The predicted molar refractivity (Wildman–Crippen MR) is 138 cm³/mol. The van der Waals surface area contributed by atoms with Crippen LogP contribution in [0.1, 0.15) is 57.6 Å². The third-order valence-corrected chi connectivity index (χ3v) is 6.01. The zero-order valence-corrected chi connectivity index (χ0v) is 21.8. The fraction of sp³-hybridized carbons (Fsp3) is 0.708. The second kappa shape index (κ2) is 14.3. The van der Waals surface area contributed by atoms with Gasteiger partial charge in [-0.05, 0) is 57.6 Å². The number of hydrogen-bond donors (Lipinski definition) is 2. The van der Waals surface area contributed by atoms with Crippen molar-refractivity contribution in [3.05, 3.63) is 35.4 Å². The third kappa shape index (κ3) is 9.24. The molecule has 0 atom stereocenters. The molecule has 7 heteroatoms. The number of rotatable bonds is 8. The van der Waals surface area contributed by atoms with Crippen LogP contribution in [0.2, 0.25) is 0 Å². The summed E-state index contributed by atoms with van der Waals surface area (Å²) in [7, 11) is 0. The first kappa shape index (κ1) is 26.4. The van der Waals surface area contributed by atoms with Crippen LogP contribution in [0.3, 0.4) is 0 Å². The number of aliphatic imine (C=N–C) groups is 1. The van der Waals surface area contributed by atoms with Crippen molar-refractivity contribution in [2.75, 3.05) is 32.8 Å². The summed E-state index contributed by atoms with van der Waals surface area (Å²) < 4.78 is 11.5. The summed E-state index contributed by atoms with van der Waals surface area (Å²) in [5.74, 6) is 0.921. The van der Waals surface area contributed by atoms with Crippen molar-refractivity contribution in [1.29, 1.82) is 0 Å². The van der Waals surface area contributed by atoms with Crippen molar-refractivity contribution in [2.24, 2.45) is 4.99 Å². The molecule has 0 bridgehead atoms. The van der Waals surface area contributed by atoms with Gasteiger partial charge in [-0.2, -0.15) is 0 Å². The van der Waals surface area contributed by atoms with Gasteiger partial charge < -0.3 is 25.0 Å². The maximum absolute atomic E-state index is 6.07. The molecule has 2 heterocycles. The molecule has 2 saturated heterocycles. The van der Waals surface area contributed by atoms with Crippen LogP contribution in [0.25, 0.3) is 0 Å². The largest absolute Gasteiger partial charge is 0.381 e. The Balaban J connectivity index is 0.00000341. The highest BCUT2D eigenvalue weighted by molar-refractivity contribution is 14.0. The van der Waals surface area contributed by atoms with Crippen LogP contribution < -0.4 is 10.6 Å². The van der Waals surface area contributed by atoms with Crippen molar-refractivity contribution in [3.63, 3.8) is 0 Å². The number of benzene rings is 1. The zero-order chi connectivity index (χ0) is 21.2. The van der Waals surface area contributed by atoms with E-state index in [2.05, 4.69) is 60.6 Å². The molecule has 2 aliphatic rings. The van der Waals surface area contributed by atoms with Crippen LogP contribution in [0.5, 0.6) is 0 Å². The zero-order valence-electron chi connectivity index (χ0n) is 19.4. The maximum atomic E-state index is 6.07. The molecule has 6 nitrogen and oxygen atoms in total. The average molecular weight is 545 g/mol. The Kier molecular flexibility index (Phi) is 12.1. The number of likely N-dealkylation sites (tertiary alicyclic amines) is 1. The van der Waals surface area contributed by atoms with Gasteiger partial charge in [0, 0.05) is 44.9 Å². The molecule has 176 valence electrons. The summed E-state index contributed by atoms with van der Waals surface area (Å²) in [5.41, 5.74) is 2.43. The number of hydrogen-bond acceptors (Lipinski definition) is 4. The second-order valence-corrected chi connectivity index (χ2v) is 8.69. The van der Waals surface area contributed by atoms with E-state index in [9.17, 15) is 0 Å². The minimum Gasteiger partial charge on any atom is -0.381 e. The van der Waals surface area contributed by atoms with Crippen molar-refractivity contribution in [2.45, 2.75) is 77.8 Å². The number of nitrogens with zero attached hydrogens (tertiary/aromatic N) is 2. The molecule has 31 heavy (non-hydrogen) atoms. The maximum Gasteiger partial charge on any atom is 0.191 e.